The summed E-state index contributed by atoms with van der Waals surface area (Å²) in [4.78, 5) is 28.9. The maximum absolute atomic E-state index is 12.1. The number of fused-ring (bicyclic) bond motifs is 1. The van der Waals surface area contributed by atoms with E-state index < -0.39 is 11.9 Å². The Morgan fingerprint density at radius 3 is 2.95 bits per heavy atom. The van der Waals surface area contributed by atoms with Gasteiger partial charge in [0.2, 0.25) is 0 Å². The summed E-state index contributed by atoms with van der Waals surface area (Å²) >= 11 is 0. The molecule has 0 aromatic carbocycles. The Hall–Kier alpha value is -2.11. The Labute approximate surface area is 116 Å². The molecule has 6 heteroatoms. The number of carboxylic acid groups (broad SMARTS) is 1. The third-order valence-electron chi connectivity index (χ3n) is 3.99. The van der Waals surface area contributed by atoms with E-state index in [0.717, 1.165) is 25.0 Å². The average Bonchev–Trinajstić information content (AvgIpc) is 3.07. The molecule has 1 aliphatic heterocycles. The van der Waals surface area contributed by atoms with Crippen LogP contribution in [0.5, 0.6) is 0 Å². The first-order valence-electron chi connectivity index (χ1n) is 6.91. The summed E-state index contributed by atoms with van der Waals surface area (Å²) in [6, 6.07) is 3.56. The Kier molecular flexibility index (Phi) is 3.30. The predicted octanol–water partition coefficient (Wildman–Crippen LogP) is 1.51. The van der Waals surface area contributed by atoms with Crippen LogP contribution in [0.4, 0.5) is 10.6 Å². The molecular formula is C14H17N3O3. The van der Waals surface area contributed by atoms with Crippen molar-refractivity contribution >= 4 is 17.8 Å². The number of hydrogen-bond donors (Lipinski definition) is 2. The molecule has 1 fully saturated rings. The van der Waals surface area contributed by atoms with Gasteiger partial charge in [0, 0.05) is 18.8 Å². The highest BCUT2D eigenvalue weighted by Crippen LogP contribution is 2.22. The van der Waals surface area contributed by atoms with Crippen molar-refractivity contribution in [1.82, 2.24) is 9.88 Å². The van der Waals surface area contributed by atoms with E-state index >= 15 is 0 Å². The van der Waals surface area contributed by atoms with Crippen LogP contribution in [0.2, 0.25) is 0 Å². The summed E-state index contributed by atoms with van der Waals surface area (Å²) in [7, 11) is 0. The van der Waals surface area contributed by atoms with Crippen molar-refractivity contribution in [2.75, 3.05) is 18.4 Å². The molecule has 3 rings (SSSR count). The molecule has 2 aliphatic rings. The van der Waals surface area contributed by atoms with E-state index in [0.29, 0.717) is 18.8 Å². The van der Waals surface area contributed by atoms with Crippen molar-refractivity contribution < 1.29 is 14.7 Å². The van der Waals surface area contributed by atoms with Crippen LogP contribution in [0, 0.1) is 5.92 Å². The van der Waals surface area contributed by atoms with Crippen molar-refractivity contribution in [2.45, 2.75) is 25.7 Å². The van der Waals surface area contributed by atoms with Crippen molar-refractivity contribution in [3.05, 3.63) is 23.4 Å². The summed E-state index contributed by atoms with van der Waals surface area (Å²) in [6.07, 6.45) is 3.65. The Balaban J connectivity index is 1.63. The van der Waals surface area contributed by atoms with Gasteiger partial charge in [0.1, 0.15) is 5.82 Å². The largest absolute Gasteiger partial charge is 0.481 e. The number of aliphatic carboxylic acids is 1. The zero-order valence-electron chi connectivity index (χ0n) is 11.1. The molecule has 0 saturated carbocycles. The van der Waals surface area contributed by atoms with Gasteiger partial charge in [-0.25, -0.2) is 9.78 Å². The van der Waals surface area contributed by atoms with E-state index in [1.807, 2.05) is 12.1 Å². The number of carbonyl (C=O) groups excluding carboxylic acids is 1. The van der Waals surface area contributed by atoms with E-state index in [1.165, 1.54) is 10.5 Å². The molecule has 20 heavy (non-hydrogen) atoms. The third-order valence-corrected chi connectivity index (χ3v) is 3.99. The topological polar surface area (TPSA) is 82.5 Å². The molecule has 0 bridgehead atoms. The fraction of sp³-hybridized carbons (Fsp3) is 0.500. The maximum atomic E-state index is 12.1. The number of amides is 2. The minimum absolute atomic E-state index is 0.265. The van der Waals surface area contributed by atoms with Crippen LogP contribution in [0.3, 0.4) is 0 Å². The molecule has 1 aromatic heterocycles. The second-order valence-corrected chi connectivity index (χ2v) is 5.36. The van der Waals surface area contributed by atoms with Crippen LogP contribution < -0.4 is 5.32 Å². The number of rotatable bonds is 2. The molecule has 1 unspecified atom stereocenters. The first-order valence-corrected chi connectivity index (χ1v) is 6.91. The van der Waals surface area contributed by atoms with Crippen molar-refractivity contribution in [1.29, 1.82) is 0 Å². The fourth-order valence-corrected chi connectivity index (χ4v) is 2.83. The summed E-state index contributed by atoms with van der Waals surface area (Å²) in [5.74, 6) is -0.737. The Morgan fingerprint density at radius 1 is 1.35 bits per heavy atom. The van der Waals surface area contributed by atoms with Crippen molar-refractivity contribution in [3.8, 4) is 0 Å². The molecule has 6 nitrogen and oxygen atoms in total. The summed E-state index contributed by atoms with van der Waals surface area (Å²) in [5.41, 5.74) is 2.32. The number of nitrogens with zero attached hydrogens (tertiary/aromatic N) is 2. The first-order chi connectivity index (χ1) is 9.63. The third kappa shape index (κ3) is 2.45. The normalized spacial score (nSPS) is 20.8. The number of carbonyl (C=O) groups is 2. The number of aromatic nitrogens is 1. The second-order valence-electron chi connectivity index (χ2n) is 5.36. The maximum Gasteiger partial charge on any atom is 0.323 e. The number of urea groups is 1. The number of carboxylic acids is 1. The number of pyridine rings is 1. The van der Waals surface area contributed by atoms with Crippen molar-refractivity contribution in [3.63, 3.8) is 0 Å². The van der Waals surface area contributed by atoms with E-state index in [2.05, 4.69) is 10.3 Å². The van der Waals surface area contributed by atoms with Crippen LogP contribution in [0.25, 0.3) is 0 Å². The molecule has 1 atom stereocenters. The van der Waals surface area contributed by atoms with Gasteiger partial charge in [0.15, 0.2) is 0 Å². The minimum atomic E-state index is -0.837. The van der Waals surface area contributed by atoms with E-state index in [-0.39, 0.29) is 12.6 Å². The van der Waals surface area contributed by atoms with Crippen LogP contribution >= 0.6 is 0 Å². The highest BCUT2D eigenvalue weighted by atomic mass is 16.4. The lowest BCUT2D eigenvalue weighted by atomic mass is 10.1. The number of likely N-dealkylation sites (tertiary alicyclic amines) is 1. The highest BCUT2D eigenvalue weighted by molar-refractivity contribution is 5.89. The molecular weight excluding hydrogens is 258 g/mol. The molecule has 1 aliphatic carbocycles. The monoisotopic (exact) mass is 275 g/mol. The van der Waals surface area contributed by atoms with E-state index in [1.54, 1.807) is 0 Å². The molecule has 2 amide bonds. The zero-order valence-corrected chi connectivity index (χ0v) is 11.1. The van der Waals surface area contributed by atoms with Crippen LogP contribution in [-0.4, -0.2) is 40.1 Å². The van der Waals surface area contributed by atoms with Gasteiger partial charge in [-0.3, -0.25) is 10.1 Å². The molecule has 1 saturated heterocycles. The van der Waals surface area contributed by atoms with Crippen LogP contribution in [0.1, 0.15) is 24.1 Å². The Morgan fingerprint density at radius 2 is 2.20 bits per heavy atom. The quantitative estimate of drug-likeness (QED) is 0.857. The summed E-state index contributed by atoms with van der Waals surface area (Å²) < 4.78 is 0. The van der Waals surface area contributed by atoms with Gasteiger partial charge in [0.05, 0.1) is 5.92 Å². The summed E-state index contributed by atoms with van der Waals surface area (Å²) in [6.45, 7) is 0.750. The standard InChI is InChI=1S/C14H17N3O3/c18-13(19)10-6-7-17(8-10)14(20)16-12-5-4-9-2-1-3-11(9)15-12/h4-5,10H,1-3,6-8H2,(H,18,19)(H,15,16,20). The smallest absolute Gasteiger partial charge is 0.323 e. The van der Waals surface area contributed by atoms with Gasteiger partial charge in [0.25, 0.3) is 0 Å². The van der Waals surface area contributed by atoms with Gasteiger partial charge >= 0.3 is 12.0 Å². The van der Waals surface area contributed by atoms with Gasteiger partial charge in [-0.2, -0.15) is 0 Å². The first kappa shape index (κ1) is 12.9. The second kappa shape index (κ2) is 5.11. The predicted molar refractivity (Wildman–Crippen MR) is 72.6 cm³/mol. The lowest BCUT2D eigenvalue weighted by Gasteiger charge is -2.16. The SMILES string of the molecule is O=C(O)C1CCN(C(=O)Nc2ccc3c(n2)CCC3)C1. The van der Waals surface area contributed by atoms with Crippen LogP contribution in [0.15, 0.2) is 12.1 Å². The average molecular weight is 275 g/mol. The number of nitrogens with one attached hydrogen (secondary N) is 1. The Bertz CT molecular complexity index is 559. The fourth-order valence-electron chi connectivity index (χ4n) is 2.83. The summed E-state index contributed by atoms with van der Waals surface area (Å²) in [5, 5.41) is 11.7. The lowest BCUT2D eigenvalue weighted by Crippen LogP contribution is -2.34. The molecule has 0 spiro atoms. The van der Waals surface area contributed by atoms with Crippen molar-refractivity contribution in [2.24, 2.45) is 5.92 Å². The van der Waals surface area contributed by atoms with Gasteiger partial charge in [-0.1, -0.05) is 6.07 Å². The zero-order chi connectivity index (χ0) is 14.1. The van der Waals surface area contributed by atoms with E-state index in [9.17, 15) is 9.59 Å². The highest BCUT2D eigenvalue weighted by Gasteiger charge is 2.31. The lowest BCUT2D eigenvalue weighted by molar-refractivity contribution is -0.141. The van der Waals surface area contributed by atoms with Gasteiger partial charge in [-0.15, -0.1) is 0 Å². The van der Waals surface area contributed by atoms with Gasteiger partial charge < -0.3 is 10.0 Å². The number of hydrogen-bond acceptors (Lipinski definition) is 3. The molecule has 0 radical (unpaired) electrons. The number of aryl methyl sites for hydroxylation is 2. The van der Waals surface area contributed by atoms with E-state index in [4.69, 9.17) is 5.11 Å². The number of anilines is 1. The van der Waals surface area contributed by atoms with Gasteiger partial charge in [-0.05, 0) is 37.3 Å². The molecule has 2 N–H and O–H groups in total. The molecule has 106 valence electrons. The molecule has 2 heterocycles. The minimum Gasteiger partial charge on any atom is -0.481 e. The van der Waals surface area contributed by atoms with Crippen LogP contribution in [-0.2, 0) is 17.6 Å². The molecule has 1 aromatic rings.